The number of anilines is 1. The normalized spacial score (nSPS) is 19.1. The monoisotopic (exact) mass is 598 g/mol. The molecule has 0 aromatic carbocycles. The van der Waals surface area contributed by atoms with Crippen molar-refractivity contribution in [2.24, 2.45) is 5.16 Å². The first kappa shape index (κ1) is 28.6. The van der Waals surface area contributed by atoms with Crippen LogP contribution in [0.25, 0.3) is 5.52 Å². The van der Waals surface area contributed by atoms with Gasteiger partial charge in [-0.05, 0) is 23.5 Å². The van der Waals surface area contributed by atoms with E-state index in [1.165, 1.54) is 35.0 Å². The van der Waals surface area contributed by atoms with Gasteiger partial charge in [0.15, 0.2) is 29.8 Å². The smallest absolute Gasteiger partial charge is 0.352 e. The molecule has 4 N–H and O–H groups in total. The van der Waals surface area contributed by atoms with Gasteiger partial charge in [-0.25, -0.2) is 9.78 Å². The number of thiazole rings is 1. The van der Waals surface area contributed by atoms with Crippen molar-refractivity contribution >= 4 is 57.2 Å². The van der Waals surface area contributed by atoms with E-state index in [1.807, 2.05) is 23.2 Å². The lowest BCUT2D eigenvalue weighted by molar-refractivity contribution is -0.688. The summed E-state index contributed by atoms with van der Waals surface area (Å²) in [7, 11) is 1.29. The van der Waals surface area contributed by atoms with E-state index in [1.54, 1.807) is 5.38 Å². The van der Waals surface area contributed by atoms with Gasteiger partial charge in [0.05, 0.1) is 6.20 Å². The maximum Gasteiger partial charge on any atom is 0.352 e. The quantitative estimate of drug-likeness (QED) is 0.147. The van der Waals surface area contributed by atoms with Crippen LogP contribution >= 0.6 is 23.1 Å². The number of nitrogen functional groups attached to an aromatic ring is 1. The largest absolute Gasteiger partial charge is 0.477 e. The first-order chi connectivity index (χ1) is 19.5. The molecular formula is C27H32N7O5S2+. The number of carboxylic acid groups (broad SMARTS) is 1. The van der Waals surface area contributed by atoms with E-state index in [0.29, 0.717) is 29.7 Å². The number of carbonyl (C=O) groups is 3. The molecule has 3 aromatic heterocycles. The van der Waals surface area contributed by atoms with Crippen molar-refractivity contribution in [2.75, 3.05) is 18.6 Å². The summed E-state index contributed by atoms with van der Waals surface area (Å²) in [6.07, 6.45) is 5.97. The Kier molecular flexibility index (Phi) is 7.79. The van der Waals surface area contributed by atoms with E-state index in [0.717, 1.165) is 16.9 Å². The summed E-state index contributed by atoms with van der Waals surface area (Å²) in [6.45, 7) is 8.94. The van der Waals surface area contributed by atoms with Gasteiger partial charge in [0.1, 0.15) is 35.4 Å². The van der Waals surface area contributed by atoms with E-state index >= 15 is 0 Å². The predicted octanol–water partition coefficient (Wildman–Crippen LogP) is 2.30. The Hall–Kier alpha value is -3.91. The Bertz CT molecular complexity index is 1610. The number of amides is 2. The van der Waals surface area contributed by atoms with Crippen LogP contribution < -0.4 is 15.6 Å². The lowest BCUT2D eigenvalue weighted by Gasteiger charge is -2.49. The number of hydrogen-bond acceptors (Lipinski definition) is 9. The molecule has 0 unspecified atom stereocenters. The first-order valence-corrected chi connectivity index (χ1v) is 15.0. The lowest BCUT2D eigenvalue weighted by Crippen LogP contribution is -2.71. The Morgan fingerprint density at radius 1 is 1.32 bits per heavy atom. The summed E-state index contributed by atoms with van der Waals surface area (Å²) in [5, 5.41) is 17.8. The Labute approximate surface area is 244 Å². The van der Waals surface area contributed by atoms with Crippen molar-refractivity contribution in [1.29, 1.82) is 0 Å². The van der Waals surface area contributed by atoms with E-state index in [9.17, 15) is 19.5 Å². The lowest BCUT2D eigenvalue weighted by atomic mass is 10.0. The van der Waals surface area contributed by atoms with Crippen LogP contribution in [0.5, 0.6) is 0 Å². The van der Waals surface area contributed by atoms with E-state index < -0.39 is 29.2 Å². The SMILES string of the molecule is CO/N=C(\C(=O)N[C@@H]1C(=O)N2C(C(=O)O)=C(C[n+]3ccn4c(C(C)C)cc(C(C)C)c4c3)CS[C@H]12)c1csc(N)n1. The fraction of sp³-hybridized carbons (Fsp3) is 0.407. The van der Waals surface area contributed by atoms with Gasteiger partial charge in [-0.1, -0.05) is 32.9 Å². The van der Waals surface area contributed by atoms with Crippen LogP contribution in [0.1, 0.15) is 56.5 Å². The highest BCUT2D eigenvalue weighted by Crippen LogP contribution is 2.40. The topological polar surface area (TPSA) is 156 Å². The minimum absolute atomic E-state index is 0.0444. The van der Waals surface area contributed by atoms with E-state index in [-0.39, 0.29) is 22.2 Å². The Morgan fingerprint density at radius 2 is 2.07 bits per heavy atom. The molecular weight excluding hydrogens is 566 g/mol. The number of oxime groups is 1. The standard InChI is InChI=1S/C27H31N7O5S2/c1-13(2)16-8-18(14(3)4)33-7-6-32(10-19(16)33)9-15-11-40-25-21(24(36)34(25)22(15)26(37)38)30-23(35)20(31-39-5)17-12-41-27(28)29-17/h6-8,10,12-14,21,25H,9,11H2,1-5H3,(H3-,28,29,30,35,37,38)/p+1/b31-20-/t21-,25-/m1/s1. The van der Waals surface area contributed by atoms with Crippen molar-refractivity contribution in [1.82, 2.24) is 19.6 Å². The molecule has 2 aliphatic rings. The number of nitrogens with zero attached hydrogens (tertiary/aromatic N) is 5. The summed E-state index contributed by atoms with van der Waals surface area (Å²) in [5.41, 5.74) is 9.87. The second-order valence-corrected chi connectivity index (χ2v) is 12.5. The van der Waals surface area contributed by atoms with Gasteiger partial charge in [0.25, 0.3) is 11.8 Å². The first-order valence-electron chi connectivity index (χ1n) is 13.1. The third-order valence-corrected chi connectivity index (χ3v) is 9.13. The van der Waals surface area contributed by atoms with Gasteiger partial charge in [-0.15, -0.1) is 23.1 Å². The summed E-state index contributed by atoms with van der Waals surface area (Å²) >= 11 is 2.54. The van der Waals surface area contributed by atoms with Crippen LogP contribution in [-0.2, 0) is 25.8 Å². The van der Waals surface area contributed by atoms with Crippen molar-refractivity contribution in [3.63, 3.8) is 0 Å². The third kappa shape index (κ3) is 5.17. The molecule has 0 spiro atoms. The zero-order chi connectivity index (χ0) is 29.6. The molecule has 2 aliphatic heterocycles. The van der Waals surface area contributed by atoms with Crippen LogP contribution in [0.2, 0.25) is 0 Å². The molecule has 2 atom stereocenters. The number of nitrogens with two attached hydrogens (primary N) is 1. The number of aliphatic carboxylic acids is 1. The van der Waals surface area contributed by atoms with Crippen molar-refractivity contribution in [3.8, 4) is 0 Å². The van der Waals surface area contributed by atoms with Crippen molar-refractivity contribution in [2.45, 2.75) is 57.5 Å². The minimum Gasteiger partial charge on any atom is -0.477 e. The zero-order valence-electron chi connectivity index (χ0n) is 23.3. The van der Waals surface area contributed by atoms with E-state index in [4.69, 9.17) is 10.6 Å². The van der Waals surface area contributed by atoms with Crippen LogP contribution in [0.15, 0.2) is 46.5 Å². The van der Waals surface area contributed by atoms with Crippen LogP contribution in [-0.4, -0.2) is 67.2 Å². The van der Waals surface area contributed by atoms with Gasteiger partial charge in [-0.3, -0.25) is 14.5 Å². The van der Waals surface area contributed by atoms with Gasteiger partial charge < -0.3 is 25.4 Å². The molecule has 1 fully saturated rings. The number of carbonyl (C=O) groups excluding carboxylic acids is 2. The molecule has 41 heavy (non-hydrogen) atoms. The summed E-state index contributed by atoms with van der Waals surface area (Å²) < 4.78 is 4.14. The number of nitrogens with one attached hydrogen (secondary N) is 1. The zero-order valence-corrected chi connectivity index (χ0v) is 25.0. The van der Waals surface area contributed by atoms with Crippen molar-refractivity contribution < 1.29 is 28.9 Å². The maximum absolute atomic E-state index is 13.2. The number of thioether (sulfide) groups is 1. The fourth-order valence-corrected chi connectivity index (χ4v) is 7.05. The number of fused-ring (bicyclic) bond motifs is 2. The van der Waals surface area contributed by atoms with Crippen LogP contribution in [0.3, 0.4) is 0 Å². The van der Waals surface area contributed by atoms with Gasteiger partial charge >= 0.3 is 5.97 Å². The third-order valence-electron chi connectivity index (χ3n) is 7.12. The minimum atomic E-state index is -1.18. The number of hydrogen-bond donors (Lipinski definition) is 3. The number of aromatic nitrogens is 3. The molecule has 12 nitrogen and oxygen atoms in total. The second kappa shape index (κ2) is 11.2. The molecule has 3 aromatic rings. The Balaban J connectivity index is 1.39. The second-order valence-electron chi connectivity index (χ2n) is 10.5. The Morgan fingerprint density at radius 3 is 2.68 bits per heavy atom. The number of rotatable bonds is 9. The molecule has 5 rings (SSSR count). The molecule has 2 amide bonds. The van der Waals surface area contributed by atoms with Crippen LogP contribution in [0, 0.1) is 0 Å². The molecule has 5 heterocycles. The molecule has 0 aliphatic carbocycles. The molecule has 1 saturated heterocycles. The summed E-state index contributed by atoms with van der Waals surface area (Å²) in [6, 6.07) is 1.31. The summed E-state index contributed by atoms with van der Waals surface area (Å²) in [4.78, 5) is 48.8. The maximum atomic E-state index is 13.2. The fourth-order valence-electron chi connectivity index (χ4n) is 5.17. The highest BCUT2D eigenvalue weighted by atomic mass is 32.2. The number of β-lactam (4-membered cyclic amide) rings is 1. The van der Waals surface area contributed by atoms with Crippen LogP contribution in [0.4, 0.5) is 5.13 Å². The highest BCUT2D eigenvalue weighted by Gasteiger charge is 2.54. The van der Waals surface area contributed by atoms with Gasteiger partial charge in [0, 0.05) is 22.4 Å². The molecule has 0 bridgehead atoms. The number of carboxylic acids is 1. The predicted molar refractivity (Wildman–Crippen MR) is 156 cm³/mol. The molecule has 0 saturated carbocycles. The summed E-state index contributed by atoms with van der Waals surface area (Å²) in [5.74, 6) is -1.30. The van der Waals surface area contributed by atoms with Gasteiger partial charge in [0.2, 0.25) is 0 Å². The van der Waals surface area contributed by atoms with E-state index in [2.05, 4.69) is 53.6 Å². The van der Waals surface area contributed by atoms with Gasteiger partial charge in [-0.2, -0.15) is 4.57 Å². The average Bonchev–Trinajstić information content (AvgIpc) is 3.53. The molecule has 0 radical (unpaired) electrons. The average molecular weight is 599 g/mol. The highest BCUT2D eigenvalue weighted by molar-refractivity contribution is 8.00. The molecule has 216 valence electrons. The van der Waals surface area contributed by atoms with Crippen molar-refractivity contribution in [3.05, 3.63) is 58.3 Å². The molecule has 14 heteroatoms.